The monoisotopic (exact) mass is 231 g/mol. The predicted octanol–water partition coefficient (Wildman–Crippen LogP) is -0.765. The number of hydrogen-bond acceptors (Lipinski definition) is 4. The fourth-order valence-electron chi connectivity index (χ4n) is 0.973. The summed E-state index contributed by atoms with van der Waals surface area (Å²) in [5.41, 5.74) is 0. The summed E-state index contributed by atoms with van der Waals surface area (Å²) in [6.45, 7) is 2.99. The van der Waals surface area contributed by atoms with Crippen molar-refractivity contribution in [2.24, 2.45) is 0 Å². The van der Waals surface area contributed by atoms with E-state index in [1.165, 1.54) is 32.8 Å². The van der Waals surface area contributed by atoms with Gasteiger partial charge in [0, 0.05) is 7.05 Å². The van der Waals surface area contributed by atoms with Gasteiger partial charge < -0.3 is 10.4 Å². The molecule has 16 heavy (non-hydrogen) atoms. The highest BCUT2D eigenvalue weighted by molar-refractivity contribution is 5.96. The number of nitrogens with zero attached hydrogens (tertiary/aromatic N) is 1. The van der Waals surface area contributed by atoms with Gasteiger partial charge in [-0.15, -0.1) is 0 Å². The highest BCUT2D eigenvalue weighted by Crippen LogP contribution is 2.02. The quantitative estimate of drug-likeness (QED) is 0.590. The molecule has 92 valence electrons. The minimum Gasteiger partial charge on any atom is -0.480 e. The molecule has 0 radical (unpaired) electrons. The lowest BCUT2D eigenvalue weighted by Crippen LogP contribution is -2.51. The summed E-state index contributed by atoms with van der Waals surface area (Å²) >= 11 is 0. The van der Waals surface area contributed by atoms with E-state index in [0.29, 0.717) is 0 Å². The smallest absolute Gasteiger partial charge is 0.321 e. The Balaban J connectivity index is 4.43. The molecule has 0 spiro atoms. The van der Waals surface area contributed by atoms with E-state index in [0.717, 1.165) is 0 Å². The number of carbonyl (C=O) groups excluding carboxylic acids is 2. The van der Waals surface area contributed by atoms with Crippen LogP contribution < -0.4 is 10.6 Å². The van der Waals surface area contributed by atoms with Gasteiger partial charge in [0.05, 0.1) is 6.04 Å². The molecule has 0 aromatic carbocycles. The second-order valence-electron chi connectivity index (χ2n) is 3.42. The summed E-state index contributed by atoms with van der Waals surface area (Å²) < 4.78 is 0. The molecule has 7 nitrogen and oxygen atoms in total. The molecule has 0 aromatic heterocycles. The van der Waals surface area contributed by atoms with Crippen molar-refractivity contribution < 1.29 is 19.5 Å². The molecule has 3 amide bonds. The van der Waals surface area contributed by atoms with E-state index < -0.39 is 30.0 Å². The van der Waals surface area contributed by atoms with Crippen LogP contribution in [0.25, 0.3) is 0 Å². The fraction of sp³-hybridized carbons (Fsp3) is 0.667. The van der Waals surface area contributed by atoms with Crippen LogP contribution in [0.3, 0.4) is 0 Å². The van der Waals surface area contributed by atoms with Gasteiger partial charge in [-0.3, -0.25) is 19.8 Å². The third-order valence-electron chi connectivity index (χ3n) is 2.42. The van der Waals surface area contributed by atoms with Gasteiger partial charge in [0.2, 0.25) is 5.91 Å². The molecule has 0 saturated heterocycles. The number of carboxylic acid groups (broad SMARTS) is 1. The average molecular weight is 231 g/mol. The number of rotatable bonds is 4. The molecular formula is C9H17N3O4. The number of urea groups is 1. The van der Waals surface area contributed by atoms with Gasteiger partial charge in [-0.05, 0) is 20.9 Å². The molecule has 0 aliphatic rings. The van der Waals surface area contributed by atoms with Crippen LogP contribution in [0.4, 0.5) is 4.79 Å². The fourth-order valence-corrected chi connectivity index (χ4v) is 0.973. The Hall–Kier alpha value is -1.63. The number of aliphatic carboxylic acids is 1. The average Bonchev–Trinajstić information content (AvgIpc) is 2.25. The first-order valence-corrected chi connectivity index (χ1v) is 4.78. The second kappa shape index (κ2) is 6.06. The van der Waals surface area contributed by atoms with Gasteiger partial charge in [-0.2, -0.15) is 0 Å². The van der Waals surface area contributed by atoms with Crippen LogP contribution in [-0.4, -0.2) is 54.1 Å². The van der Waals surface area contributed by atoms with E-state index in [4.69, 9.17) is 5.11 Å². The Labute approximate surface area is 93.8 Å². The molecule has 2 unspecified atom stereocenters. The first-order chi connectivity index (χ1) is 7.31. The van der Waals surface area contributed by atoms with E-state index in [1.54, 1.807) is 0 Å². The van der Waals surface area contributed by atoms with Crippen LogP contribution in [0, 0.1) is 0 Å². The highest BCUT2D eigenvalue weighted by Gasteiger charge is 2.26. The molecule has 0 rings (SSSR count). The van der Waals surface area contributed by atoms with Crippen LogP contribution in [0.5, 0.6) is 0 Å². The van der Waals surface area contributed by atoms with Crippen molar-refractivity contribution >= 4 is 17.9 Å². The molecule has 2 atom stereocenters. The van der Waals surface area contributed by atoms with Crippen LogP contribution in [0.15, 0.2) is 0 Å². The zero-order chi connectivity index (χ0) is 12.9. The number of imide groups is 1. The third kappa shape index (κ3) is 3.85. The number of hydrogen-bond donors (Lipinski definition) is 3. The van der Waals surface area contributed by atoms with Gasteiger partial charge in [-0.1, -0.05) is 0 Å². The Morgan fingerprint density at radius 1 is 1.19 bits per heavy atom. The maximum atomic E-state index is 11.5. The summed E-state index contributed by atoms with van der Waals surface area (Å²) in [5.74, 6) is -1.57. The lowest BCUT2D eigenvalue weighted by molar-refractivity contribution is -0.143. The number of likely N-dealkylation sites (N-methyl/N-ethyl adjacent to an activating group) is 1. The summed E-state index contributed by atoms with van der Waals surface area (Å²) in [6.07, 6.45) is 0. The largest absolute Gasteiger partial charge is 0.480 e. The van der Waals surface area contributed by atoms with Gasteiger partial charge in [0.25, 0.3) is 0 Å². The third-order valence-corrected chi connectivity index (χ3v) is 2.42. The zero-order valence-corrected chi connectivity index (χ0v) is 9.77. The van der Waals surface area contributed by atoms with Gasteiger partial charge in [0.1, 0.15) is 6.04 Å². The summed E-state index contributed by atoms with van der Waals surface area (Å²) in [5, 5.41) is 13.1. The number of carboxylic acids is 1. The molecule has 0 aromatic rings. The first-order valence-electron chi connectivity index (χ1n) is 4.78. The second-order valence-corrected chi connectivity index (χ2v) is 3.42. The van der Waals surface area contributed by atoms with Crippen molar-refractivity contribution in [3.8, 4) is 0 Å². The Morgan fingerprint density at radius 2 is 1.69 bits per heavy atom. The van der Waals surface area contributed by atoms with Crippen molar-refractivity contribution in [3.05, 3.63) is 0 Å². The molecule has 0 aliphatic carbocycles. The van der Waals surface area contributed by atoms with Gasteiger partial charge in [0.15, 0.2) is 0 Å². The molecule has 0 heterocycles. The highest BCUT2D eigenvalue weighted by atomic mass is 16.4. The summed E-state index contributed by atoms with van der Waals surface area (Å²) in [6, 6.07) is -2.12. The number of amides is 3. The Kier molecular flexibility index (Phi) is 5.44. The summed E-state index contributed by atoms with van der Waals surface area (Å²) in [4.78, 5) is 34.4. The molecule has 0 bridgehead atoms. The molecular weight excluding hydrogens is 214 g/mol. The molecule has 7 heteroatoms. The predicted molar refractivity (Wildman–Crippen MR) is 56.9 cm³/mol. The Bertz CT molecular complexity index is 292. The van der Waals surface area contributed by atoms with E-state index in [-0.39, 0.29) is 0 Å². The van der Waals surface area contributed by atoms with E-state index >= 15 is 0 Å². The van der Waals surface area contributed by atoms with Crippen molar-refractivity contribution in [2.45, 2.75) is 25.9 Å². The van der Waals surface area contributed by atoms with Crippen LogP contribution in [-0.2, 0) is 9.59 Å². The topological polar surface area (TPSA) is 98.7 Å². The Morgan fingerprint density at radius 3 is 2.06 bits per heavy atom. The van der Waals surface area contributed by atoms with Crippen molar-refractivity contribution in [1.82, 2.24) is 15.5 Å². The van der Waals surface area contributed by atoms with Crippen molar-refractivity contribution in [3.63, 3.8) is 0 Å². The molecule has 0 aliphatic heterocycles. The maximum absolute atomic E-state index is 11.5. The first kappa shape index (κ1) is 14.4. The molecule has 0 fully saturated rings. The molecule has 3 N–H and O–H groups in total. The van der Waals surface area contributed by atoms with E-state index in [2.05, 4.69) is 10.6 Å². The minimum absolute atomic E-state index is 0.546. The van der Waals surface area contributed by atoms with Crippen LogP contribution in [0.2, 0.25) is 0 Å². The van der Waals surface area contributed by atoms with Gasteiger partial charge in [-0.25, -0.2) is 4.79 Å². The van der Waals surface area contributed by atoms with Crippen LogP contribution in [0.1, 0.15) is 13.8 Å². The van der Waals surface area contributed by atoms with E-state index in [1.807, 2.05) is 0 Å². The van der Waals surface area contributed by atoms with Crippen LogP contribution >= 0.6 is 0 Å². The van der Waals surface area contributed by atoms with Crippen molar-refractivity contribution in [1.29, 1.82) is 0 Å². The van der Waals surface area contributed by atoms with Crippen molar-refractivity contribution in [2.75, 3.05) is 14.1 Å². The number of carbonyl (C=O) groups is 3. The minimum atomic E-state index is -1.03. The lowest BCUT2D eigenvalue weighted by Gasteiger charge is -2.26. The standard InChI is InChI=1S/C9H17N3O4/c1-5(7(13)11-9(16)10-3)12(4)6(2)8(14)15/h5-6H,1-4H3,(H,14,15)(H2,10,11,13,16). The number of nitrogens with one attached hydrogen (secondary N) is 2. The van der Waals surface area contributed by atoms with Gasteiger partial charge >= 0.3 is 12.0 Å². The maximum Gasteiger partial charge on any atom is 0.321 e. The SMILES string of the molecule is CNC(=O)NC(=O)C(C)N(C)C(C)C(=O)O. The zero-order valence-electron chi connectivity index (χ0n) is 9.77. The van der Waals surface area contributed by atoms with E-state index in [9.17, 15) is 14.4 Å². The molecule has 0 saturated carbocycles. The summed E-state index contributed by atoms with van der Waals surface area (Å²) in [7, 11) is 2.89. The lowest BCUT2D eigenvalue weighted by atomic mass is 10.2. The normalized spacial score (nSPS) is 14.1.